The second kappa shape index (κ2) is 5.48. The summed E-state index contributed by atoms with van der Waals surface area (Å²) >= 11 is 3.43. The number of hydrogen-bond acceptors (Lipinski definition) is 2. The average Bonchev–Trinajstić information content (AvgIpc) is 2.78. The maximum absolute atomic E-state index is 12.3. The summed E-state index contributed by atoms with van der Waals surface area (Å²) in [5, 5.41) is 4.88. The molecule has 0 radical (unpaired) electrons. The molecule has 0 bridgehead atoms. The van der Waals surface area contributed by atoms with E-state index in [-0.39, 0.29) is 11.8 Å². The molecular formula is C16H15BrN2O2. The first kappa shape index (κ1) is 14.1. The maximum atomic E-state index is 12.3. The quantitative estimate of drug-likeness (QED) is 0.908. The fraction of sp³-hybridized carbons (Fsp3) is 0.250. The van der Waals surface area contributed by atoms with Crippen molar-refractivity contribution in [2.24, 2.45) is 0 Å². The summed E-state index contributed by atoms with van der Waals surface area (Å²) < 4.78 is 1.01. The van der Waals surface area contributed by atoms with E-state index >= 15 is 0 Å². The molecule has 1 aliphatic rings. The summed E-state index contributed by atoms with van der Waals surface area (Å²) in [4.78, 5) is 25.7. The summed E-state index contributed by atoms with van der Waals surface area (Å²) in [6, 6.07) is 11.1. The summed E-state index contributed by atoms with van der Waals surface area (Å²) in [5.74, 6) is -0.221. The molecule has 21 heavy (non-hydrogen) atoms. The van der Waals surface area contributed by atoms with Crippen molar-refractivity contribution >= 4 is 38.5 Å². The first-order chi connectivity index (χ1) is 10.0. The van der Waals surface area contributed by atoms with Crippen molar-refractivity contribution in [2.75, 3.05) is 13.6 Å². The van der Waals surface area contributed by atoms with E-state index in [4.69, 9.17) is 0 Å². The van der Waals surface area contributed by atoms with E-state index in [1.165, 1.54) is 0 Å². The zero-order valence-electron chi connectivity index (χ0n) is 11.6. The normalized spacial score (nSPS) is 18.3. The first-order valence-corrected chi connectivity index (χ1v) is 7.59. The van der Waals surface area contributed by atoms with E-state index in [9.17, 15) is 9.59 Å². The lowest BCUT2D eigenvalue weighted by Crippen LogP contribution is -2.40. The lowest BCUT2D eigenvalue weighted by molar-refractivity contribution is -0.128. The molecule has 2 aromatic carbocycles. The molecule has 1 atom stereocenters. The van der Waals surface area contributed by atoms with Crippen LogP contribution in [0.3, 0.4) is 0 Å². The van der Waals surface area contributed by atoms with Crippen molar-refractivity contribution in [3.05, 3.63) is 46.4 Å². The highest BCUT2D eigenvalue weighted by atomic mass is 79.9. The number of nitrogens with one attached hydrogen (secondary N) is 1. The molecule has 1 aliphatic heterocycles. The Hall–Kier alpha value is -1.88. The number of likely N-dealkylation sites (tertiary alicyclic amines) is 1. The van der Waals surface area contributed by atoms with Gasteiger partial charge in [0.1, 0.15) is 6.04 Å². The molecule has 0 spiro atoms. The summed E-state index contributed by atoms with van der Waals surface area (Å²) in [7, 11) is 1.75. The maximum Gasteiger partial charge on any atom is 0.251 e. The minimum atomic E-state index is -0.400. The van der Waals surface area contributed by atoms with E-state index in [0.29, 0.717) is 18.5 Å². The molecule has 0 unspecified atom stereocenters. The van der Waals surface area contributed by atoms with Gasteiger partial charge < -0.3 is 10.2 Å². The minimum absolute atomic E-state index is 0.0203. The van der Waals surface area contributed by atoms with Gasteiger partial charge in [0, 0.05) is 23.6 Å². The van der Waals surface area contributed by atoms with Gasteiger partial charge in [-0.2, -0.15) is 0 Å². The number of carbonyl (C=O) groups excluding carboxylic acids is 2. The van der Waals surface area contributed by atoms with Gasteiger partial charge in [-0.1, -0.05) is 28.1 Å². The molecule has 0 aromatic heterocycles. The molecule has 1 N–H and O–H groups in total. The Bertz CT molecular complexity index is 729. The van der Waals surface area contributed by atoms with Gasteiger partial charge in [0.2, 0.25) is 5.91 Å². The van der Waals surface area contributed by atoms with Crippen LogP contribution in [0.15, 0.2) is 40.9 Å². The Morgan fingerprint density at radius 1 is 1.24 bits per heavy atom. The number of halogens is 1. The van der Waals surface area contributed by atoms with E-state index in [1.807, 2.05) is 30.3 Å². The summed E-state index contributed by atoms with van der Waals surface area (Å²) in [5.41, 5.74) is 0.576. The van der Waals surface area contributed by atoms with Crippen molar-refractivity contribution in [1.82, 2.24) is 10.2 Å². The Kier molecular flexibility index (Phi) is 3.68. The fourth-order valence-electron chi connectivity index (χ4n) is 2.56. The number of amides is 2. The Morgan fingerprint density at radius 3 is 2.67 bits per heavy atom. The van der Waals surface area contributed by atoms with Gasteiger partial charge in [0.25, 0.3) is 5.91 Å². The van der Waals surface area contributed by atoms with Gasteiger partial charge in [-0.25, -0.2) is 0 Å². The van der Waals surface area contributed by atoms with Crippen molar-refractivity contribution in [3.8, 4) is 0 Å². The average molecular weight is 347 g/mol. The smallest absolute Gasteiger partial charge is 0.251 e. The number of hydrogen-bond donors (Lipinski definition) is 1. The van der Waals surface area contributed by atoms with Crippen molar-refractivity contribution in [2.45, 2.75) is 12.5 Å². The number of benzene rings is 2. The molecular weight excluding hydrogens is 332 g/mol. The molecule has 1 fully saturated rings. The Labute approximate surface area is 131 Å². The predicted molar refractivity (Wildman–Crippen MR) is 85.2 cm³/mol. The molecule has 4 nitrogen and oxygen atoms in total. The first-order valence-electron chi connectivity index (χ1n) is 6.80. The van der Waals surface area contributed by atoms with Crippen LogP contribution in [-0.2, 0) is 4.79 Å². The molecule has 2 aromatic rings. The van der Waals surface area contributed by atoms with E-state index in [1.54, 1.807) is 18.0 Å². The number of likely N-dealkylation sites (N-methyl/N-ethyl adjacent to an activating group) is 1. The summed E-state index contributed by atoms with van der Waals surface area (Å²) in [6.45, 7) is 0.690. The van der Waals surface area contributed by atoms with Gasteiger partial charge in [0.15, 0.2) is 0 Å². The lowest BCUT2D eigenvalue weighted by Gasteiger charge is -2.12. The lowest BCUT2D eigenvalue weighted by atomic mass is 10.1. The molecule has 0 saturated carbocycles. The molecule has 1 saturated heterocycles. The number of rotatable bonds is 2. The van der Waals surface area contributed by atoms with Crippen LogP contribution in [0.4, 0.5) is 0 Å². The number of fused-ring (bicyclic) bond motifs is 1. The molecule has 2 amide bonds. The van der Waals surface area contributed by atoms with Gasteiger partial charge in [-0.15, -0.1) is 0 Å². The molecule has 0 aliphatic carbocycles. The van der Waals surface area contributed by atoms with E-state index < -0.39 is 6.04 Å². The zero-order chi connectivity index (χ0) is 15.0. The van der Waals surface area contributed by atoms with Crippen LogP contribution in [0.25, 0.3) is 10.8 Å². The highest BCUT2D eigenvalue weighted by molar-refractivity contribution is 9.10. The molecule has 108 valence electrons. The van der Waals surface area contributed by atoms with E-state index in [2.05, 4.69) is 21.2 Å². The fourth-order valence-corrected chi connectivity index (χ4v) is 2.93. The molecule has 5 heteroatoms. The van der Waals surface area contributed by atoms with Crippen LogP contribution in [0.1, 0.15) is 16.8 Å². The van der Waals surface area contributed by atoms with Crippen molar-refractivity contribution in [3.63, 3.8) is 0 Å². The molecule has 3 rings (SSSR count). The van der Waals surface area contributed by atoms with Crippen LogP contribution in [0.2, 0.25) is 0 Å². The Morgan fingerprint density at radius 2 is 1.95 bits per heavy atom. The zero-order valence-corrected chi connectivity index (χ0v) is 13.2. The third-order valence-electron chi connectivity index (χ3n) is 3.80. The second-order valence-corrected chi connectivity index (χ2v) is 6.20. The SMILES string of the molecule is CN1CC[C@H](NC(=O)c2ccc3cc(Br)ccc3c2)C1=O. The summed E-state index contributed by atoms with van der Waals surface area (Å²) in [6.07, 6.45) is 0.668. The number of nitrogens with zero attached hydrogens (tertiary/aromatic N) is 1. The van der Waals surface area contributed by atoms with Gasteiger partial charge in [0.05, 0.1) is 0 Å². The standard InChI is InChI=1S/C16H15BrN2O2/c1-19-7-6-14(16(19)21)18-15(20)12-3-2-11-9-13(17)5-4-10(11)8-12/h2-5,8-9,14H,6-7H2,1H3,(H,18,20)/t14-/m0/s1. The molecule has 1 heterocycles. The largest absolute Gasteiger partial charge is 0.344 e. The van der Waals surface area contributed by atoms with Crippen LogP contribution in [0.5, 0.6) is 0 Å². The minimum Gasteiger partial charge on any atom is -0.344 e. The monoisotopic (exact) mass is 346 g/mol. The predicted octanol–water partition coefficient (Wildman–Crippen LogP) is 2.56. The van der Waals surface area contributed by atoms with E-state index in [0.717, 1.165) is 15.2 Å². The third kappa shape index (κ3) is 2.78. The van der Waals surface area contributed by atoms with Crippen LogP contribution in [-0.4, -0.2) is 36.3 Å². The van der Waals surface area contributed by atoms with Gasteiger partial charge in [-0.05, 0) is 41.5 Å². The highest BCUT2D eigenvalue weighted by Crippen LogP contribution is 2.21. The topological polar surface area (TPSA) is 49.4 Å². The van der Waals surface area contributed by atoms with Crippen LogP contribution < -0.4 is 5.32 Å². The van der Waals surface area contributed by atoms with Crippen molar-refractivity contribution in [1.29, 1.82) is 0 Å². The van der Waals surface area contributed by atoms with Gasteiger partial charge in [-0.3, -0.25) is 9.59 Å². The van der Waals surface area contributed by atoms with Crippen LogP contribution in [0, 0.1) is 0 Å². The van der Waals surface area contributed by atoms with Gasteiger partial charge >= 0.3 is 0 Å². The van der Waals surface area contributed by atoms with Crippen LogP contribution >= 0.6 is 15.9 Å². The second-order valence-electron chi connectivity index (χ2n) is 5.28. The number of carbonyl (C=O) groups is 2. The van der Waals surface area contributed by atoms with Crippen molar-refractivity contribution < 1.29 is 9.59 Å². The highest BCUT2D eigenvalue weighted by Gasteiger charge is 2.30. The third-order valence-corrected chi connectivity index (χ3v) is 4.29. The Balaban J connectivity index is 1.81.